The molecule has 0 aliphatic heterocycles. The molecule has 0 spiro atoms. The molecule has 0 unspecified atom stereocenters. The molecule has 190 valence electrons. The maximum atomic E-state index is 12.6. The average molecular weight is 491 g/mol. The van der Waals surface area contributed by atoms with E-state index in [1.807, 2.05) is 36.4 Å². The summed E-state index contributed by atoms with van der Waals surface area (Å²) < 4.78 is 11.2. The molecule has 3 aromatic carbocycles. The van der Waals surface area contributed by atoms with Crippen LogP contribution >= 0.6 is 0 Å². The quantitative estimate of drug-likeness (QED) is 0.288. The molecule has 8 nitrogen and oxygen atoms in total. The molecular formula is C28H34N4O4. The number of nitrogens with one attached hydrogen (secondary N) is 3. The van der Waals surface area contributed by atoms with Crippen LogP contribution in [0, 0.1) is 0 Å². The standard InChI is InChI=1S/C28H34N4O4/c1-4-32(5-2)18-10-17-29-27(33)25-16-15-22(20-26(25)35-3)31-28(34)30-21-11-9-14-24(19-21)36-23-12-7-6-8-13-23/h6-9,11-16,19-20H,4-5,10,17-18H2,1-3H3,(H,29,33)(H2,30,31,34). The second kappa shape index (κ2) is 13.7. The number of ether oxygens (including phenoxy) is 2. The number of carbonyl (C=O) groups is 2. The third kappa shape index (κ3) is 8.02. The van der Waals surface area contributed by atoms with Gasteiger partial charge in [0.1, 0.15) is 17.2 Å². The fourth-order valence-electron chi connectivity index (χ4n) is 3.65. The van der Waals surface area contributed by atoms with Gasteiger partial charge in [0.2, 0.25) is 0 Å². The van der Waals surface area contributed by atoms with E-state index in [9.17, 15) is 9.59 Å². The average Bonchev–Trinajstić information content (AvgIpc) is 2.89. The van der Waals surface area contributed by atoms with Crippen LogP contribution in [-0.4, -0.2) is 50.1 Å². The largest absolute Gasteiger partial charge is 0.496 e. The number of amides is 3. The van der Waals surface area contributed by atoms with E-state index in [2.05, 4.69) is 34.7 Å². The van der Waals surface area contributed by atoms with Crippen molar-refractivity contribution in [2.24, 2.45) is 0 Å². The van der Waals surface area contributed by atoms with E-state index in [1.165, 1.54) is 7.11 Å². The lowest BCUT2D eigenvalue weighted by molar-refractivity contribution is 0.0949. The van der Waals surface area contributed by atoms with Crippen molar-refractivity contribution in [1.29, 1.82) is 0 Å². The van der Waals surface area contributed by atoms with Crippen molar-refractivity contribution >= 4 is 23.3 Å². The van der Waals surface area contributed by atoms with Gasteiger partial charge in [-0.15, -0.1) is 0 Å². The zero-order chi connectivity index (χ0) is 25.8. The van der Waals surface area contributed by atoms with Gasteiger partial charge in [-0.05, 0) is 62.5 Å². The highest BCUT2D eigenvalue weighted by Crippen LogP contribution is 2.25. The van der Waals surface area contributed by atoms with Crippen molar-refractivity contribution < 1.29 is 19.1 Å². The van der Waals surface area contributed by atoms with Gasteiger partial charge in [-0.3, -0.25) is 4.79 Å². The number of hydrogen-bond donors (Lipinski definition) is 3. The van der Waals surface area contributed by atoms with Gasteiger partial charge in [-0.25, -0.2) is 4.79 Å². The summed E-state index contributed by atoms with van der Waals surface area (Å²) in [6, 6.07) is 21.0. The van der Waals surface area contributed by atoms with Gasteiger partial charge in [-0.1, -0.05) is 38.1 Å². The third-order valence-electron chi connectivity index (χ3n) is 5.61. The van der Waals surface area contributed by atoms with Gasteiger partial charge in [0, 0.05) is 30.1 Å². The Morgan fingerprint density at radius 2 is 1.53 bits per heavy atom. The molecule has 0 aliphatic carbocycles. The molecule has 0 radical (unpaired) electrons. The first-order valence-electron chi connectivity index (χ1n) is 12.1. The number of para-hydroxylation sites is 1. The molecule has 0 aliphatic rings. The van der Waals surface area contributed by atoms with Crippen molar-refractivity contribution in [3.63, 3.8) is 0 Å². The molecule has 0 aromatic heterocycles. The summed E-state index contributed by atoms with van der Waals surface area (Å²) in [7, 11) is 1.49. The van der Waals surface area contributed by atoms with Crippen LogP contribution in [0.4, 0.5) is 16.2 Å². The second-order valence-corrected chi connectivity index (χ2v) is 8.07. The minimum atomic E-state index is -0.428. The van der Waals surface area contributed by atoms with Crippen LogP contribution in [0.2, 0.25) is 0 Å². The van der Waals surface area contributed by atoms with Gasteiger partial charge >= 0.3 is 6.03 Å². The first kappa shape index (κ1) is 26.6. The van der Waals surface area contributed by atoms with Crippen LogP contribution in [0.1, 0.15) is 30.6 Å². The predicted octanol–water partition coefficient (Wildman–Crippen LogP) is 5.59. The summed E-state index contributed by atoms with van der Waals surface area (Å²) in [5, 5.41) is 8.50. The zero-order valence-electron chi connectivity index (χ0n) is 21.0. The van der Waals surface area contributed by atoms with E-state index >= 15 is 0 Å². The Labute approximate surface area is 212 Å². The number of nitrogens with zero attached hydrogens (tertiary/aromatic N) is 1. The summed E-state index contributed by atoms with van der Waals surface area (Å²) >= 11 is 0. The van der Waals surface area contributed by atoms with Crippen molar-refractivity contribution in [3.05, 3.63) is 78.4 Å². The molecule has 3 rings (SSSR count). The predicted molar refractivity (Wildman–Crippen MR) is 143 cm³/mol. The van der Waals surface area contributed by atoms with Crippen LogP contribution in [0.15, 0.2) is 72.8 Å². The Morgan fingerprint density at radius 1 is 0.833 bits per heavy atom. The molecule has 0 atom stereocenters. The Balaban J connectivity index is 1.55. The van der Waals surface area contributed by atoms with Crippen molar-refractivity contribution in [3.8, 4) is 17.2 Å². The fourth-order valence-corrected chi connectivity index (χ4v) is 3.65. The summed E-state index contributed by atoms with van der Waals surface area (Å²) in [6.45, 7) is 7.75. The van der Waals surface area contributed by atoms with E-state index in [0.717, 1.165) is 26.1 Å². The number of benzene rings is 3. The monoisotopic (exact) mass is 490 g/mol. The number of hydrogen-bond acceptors (Lipinski definition) is 5. The Morgan fingerprint density at radius 3 is 2.22 bits per heavy atom. The smallest absolute Gasteiger partial charge is 0.323 e. The number of anilines is 2. The Kier molecular flexibility index (Phi) is 10.1. The van der Waals surface area contributed by atoms with E-state index in [0.29, 0.717) is 40.7 Å². The van der Waals surface area contributed by atoms with E-state index < -0.39 is 6.03 Å². The lowest BCUT2D eigenvalue weighted by Crippen LogP contribution is -2.30. The number of rotatable bonds is 12. The molecule has 8 heteroatoms. The minimum Gasteiger partial charge on any atom is -0.496 e. The SMILES string of the molecule is CCN(CC)CCCNC(=O)c1ccc(NC(=O)Nc2cccc(Oc3ccccc3)c2)cc1OC. The van der Waals surface area contributed by atoms with E-state index in [1.54, 1.807) is 36.4 Å². The fraction of sp³-hybridized carbons (Fsp3) is 0.286. The normalized spacial score (nSPS) is 10.6. The summed E-state index contributed by atoms with van der Waals surface area (Å²) in [5.41, 5.74) is 1.49. The number of methoxy groups -OCH3 is 1. The molecule has 3 amide bonds. The summed E-state index contributed by atoms with van der Waals surface area (Å²) in [5.74, 6) is 1.48. The second-order valence-electron chi connectivity index (χ2n) is 8.07. The first-order chi connectivity index (χ1) is 17.5. The lowest BCUT2D eigenvalue weighted by Gasteiger charge is -2.18. The maximum Gasteiger partial charge on any atom is 0.323 e. The van der Waals surface area contributed by atoms with Crippen molar-refractivity contribution in [2.45, 2.75) is 20.3 Å². The first-order valence-corrected chi connectivity index (χ1v) is 12.1. The maximum absolute atomic E-state index is 12.6. The molecule has 0 saturated heterocycles. The number of carbonyl (C=O) groups excluding carboxylic acids is 2. The van der Waals surface area contributed by atoms with Crippen LogP contribution in [0.3, 0.4) is 0 Å². The van der Waals surface area contributed by atoms with Gasteiger partial charge < -0.3 is 30.3 Å². The van der Waals surface area contributed by atoms with Gasteiger partial charge in [0.25, 0.3) is 5.91 Å². The molecule has 0 fully saturated rings. The van der Waals surface area contributed by atoms with Crippen LogP contribution < -0.4 is 25.4 Å². The highest BCUT2D eigenvalue weighted by atomic mass is 16.5. The van der Waals surface area contributed by atoms with Crippen molar-refractivity contribution in [2.75, 3.05) is 43.9 Å². The topological polar surface area (TPSA) is 91.9 Å². The van der Waals surface area contributed by atoms with E-state index in [-0.39, 0.29) is 5.91 Å². The molecular weight excluding hydrogens is 456 g/mol. The third-order valence-corrected chi connectivity index (χ3v) is 5.61. The minimum absolute atomic E-state index is 0.211. The van der Waals surface area contributed by atoms with Crippen LogP contribution in [0.25, 0.3) is 0 Å². The van der Waals surface area contributed by atoms with Crippen LogP contribution in [0.5, 0.6) is 17.2 Å². The molecule has 3 N–H and O–H groups in total. The van der Waals surface area contributed by atoms with Crippen LogP contribution in [-0.2, 0) is 0 Å². The molecule has 3 aromatic rings. The van der Waals surface area contributed by atoms with E-state index in [4.69, 9.17) is 9.47 Å². The molecule has 0 bridgehead atoms. The summed E-state index contributed by atoms with van der Waals surface area (Å²) in [6.07, 6.45) is 0.868. The summed E-state index contributed by atoms with van der Waals surface area (Å²) in [4.78, 5) is 27.5. The molecule has 0 saturated carbocycles. The highest BCUT2D eigenvalue weighted by molar-refractivity contribution is 6.01. The Hall–Kier alpha value is -4.04. The van der Waals surface area contributed by atoms with Crippen molar-refractivity contribution in [1.82, 2.24) is 10.2 Å². The van der Waals surface area contributed by atoms with Gasteiger partial charge in [0.15, 0.2) is 0 Å². The zero-order valence-corrected chi connectivity index (χ0v) is 21.0. The van der Waals surface area contributed by atoms with Gasteiger partial charge in [0.05, 0.1) is 12.7 Å². The lowest BCUT2D eigenvalue weighted by atomic mass is 10.1. The Bertz CT molecular complexity index is 1130. The molecule has 36 heavy (non-hydrogen) atoms. The van der Waals surface area contributed by atoms with Gasteiger partial charge in [-0.2, -0.15) is 0 Å². The highest BCUT2D eigenvalue weighted by Gasteiger charge is 2.14. The molecule has 0 heterocycles. The number of urea groups is 1.